The van der Waals surface area contributed by atoms with Crippen molar-refractivity contribution < 1.29 is 14.3 Å². The maximum atomic E-state index is 12.6. The number of nitrogens with one attached hydrogen (secondary N) is 1. The summed E-state index contributed by atoms with van der Waals surface area (Å²) in [5.41, 5.74) is 3.55. The zero-order valence-electron chi connectivity index (χ0n) is 18.6. The van der Waals surface area contributed by atoms with Gasteiger partial charge in [0.15, 0.2) is 0 Å². The summed E-state index contributed by atoms with van der Waals surface area (Å²) in [6, 6.07) is 28.7. The van der Waals surface area contributed by atoms with Crippen molar-refractivity contribution in [2.75, 3.05) is 27.3 Å². The number of hydrogen-bond acceptors (Lipinski definition) is 5. The topological polar surface area (TPSA) is 50.8 Å². The molecule has 0 radical (unpaired) electrons. The lowest BCUT2D eigenvalue weighted by atomic mass is 9.83. The molecule has 166 valence electrons. The number of esters is 1. The highest BCUT2D eigenvalue weighted by molar-refractivity contribution is 5.76. The number of methoxy groups -OCH3 is 2. The van der Waals surface area contributed by atoms with Crippen molar-refractivity contribution >= 4 is 5.97 Å². The Morgan fingerprint density at radius 1 is 0.906 bits per heavy atom. The van der Waals surface area contributed by atoms with Crippen LogP contribution in [0.4, 0.5) is 0 Å². The van der Waals surface area contributed by atoms with Crippen molar-refractivity contribution in [2.24, 2.45) is 0 Å². The first-order valence-corrected chi connectivity index (χ1v) is 11.0. The van der Waals surface area contributed by atoms with Gasteiger partial charge >= 0.3 is 5.97 Å². The number of carbonyl (C=O) groups excluding carboxylic acids is 1. The maximum absolute atomic E-state index is 12.6. The third-order valence-corrected chi connectivity index (χ3v) is 6.10. The van der Waals surface area contributed by atoms with E-state index in [1.165, 1.54) is 18.2 Å². The Balaban J connectivity index is 1.67. The van der Waals surface area contributed by atoms with Gasteiger partial charge in [0.25, 0.3) is 0 Å². The predicted molar refractivity (Wildman–Crippen MR) is 126 cm³/mol. The van der Waals surface area contributed by atoms with Crippen LogP contribution in [0.15, 0.2) is 84.9 Å². The van der Waals surface area contributed by atoms with Gasteiger partial charge < -0.3 is 9.47 Å². The van der Waals surface area contributed by atoms with E-state index >= 15 is 0 Å². The Morgan fingerprint density at radius 3 is 2.09 bits per heavy atom. The average molecular weight is 431 g/mol. The molecule has 0 saturated carbocycles. The Labute approximate surface area is 190 Å². The minimum absolute atomic E-state index is 0.0346. The molecule has 1 N–H and O–H groups in total. The number of ether oxygens (including phenoxy) is 2. The van der Waals surface area contributed by atoms with Gasteiger partial charge in [0.1, 0.15) is 11.8 Å². The molecule has 5 nitrogen and oxygen atoms in total. The smallest absolute Gasteiger partial charge is 0.324 e. The minimum atomic E-state index is -0.400. The largest absolute Gasteiger partial charge is 0.496 e. The van der Waals surface area contributed by atoms with Crippen molar-refractivity contribution in [1.82, 2.24) is 10.2 Å². The summed E-state index contributed by atoms with van der Waals surface area (Å²) in [4.78, 5) is 14.9. The van der Waals surface area contributed by atoms with Gasteiger partial charge in [-0.15, -0.1) is 0 Å². The van der Waals surface area contributed by atoms with Crippen LogP contribution in [-0.4, -0.2) is 50.3 Å². The average Bonchev–Trinajstić information content (AvgIpc) is 2.85. The lowest BCUT2D eigenvalue weighted by molar-refractivity contribution is -0.145. The first-order valence-electron chi connectivity index (χ1n) is 11.0. The number of benzene rings is 3. The number of nitrogens with zero attached hydrogens (tertiary/aromatic N) is 1. The fraction of sp³-hybridized carbons (Fsp3) is 0.296. The van der Waals surface area contributed by atoms with Gasteiger partial charge in [0.05, 0.1) is 14.2 Å². The molecule has 2 atom stereocenters. The second-order valence-electron chi connectivity index (χ2n) is 8.15. The lowest BCUT2D eigenvalue weighted by Crippen LogP contribution is -2.61. The first-order chi connectivity index (χ1) is 15.7. The molecule has 2 unspecified atom stereocenters. The van der Waals surface area contributed by atoms with Crippen molar-refractivity contribution in [2.45, 2.75) is 24.5 Å². The molecule has 0 bridgehead atoms. The molecule has 0 spiro atoms. The summed E-state index contributed by atoms with van der Waals surface area (Å²) in [5.74, 6) is 0.726. The number of carbonyl (C=O) groups is 1. The summed E-state index contributed by atoms with van der Waals surface area (Å²) >= 11 is 0. The van der Waals surface area contributed by atoms with Gasteiger partial charge in [-0.2, -0.15) is 0 Å². The lowest BCUT2D eigenvalue weighted by Gasteiger charge is -2.41. The quantitative estimate of drug-likeness (QED) is 0.577. The van der Waals surface area contributed by atoms with E-state index in [1.54, 1.807) is 7.11 Å². The van der Waals surface area contributed by atoms with E-state index in [2.05, 4.69) is 64.8 Å². The molecule has 1 aliphatic rings. The normalized spacial score (nSPS) is 19.0. The van der Waals surface area contributed by atoms with Gasteiger partial charge in [0.2, 0.25) is 0 Å². The van der Waals surface area contributed by atoms with Crippen molar-refractivity contribution in [1.29, 1.82) is 0 Å². The van der Waals surface area contributed by atoms with Crippen LogP contribution in [0, 0.1) is 0 Å². The molecule has 0 amide bonds. The van der Waals surface area contributed by atoms with E-state index in [-0.39, 0.29) is 17.9 Å². The summed E-state index contributed by atoms with van der Waals surface area (Å²) in [6.07, 6.45) is 0. The Hall–Kier alpha value is -3.15. The van der Waals surface area contributed by atoms with E-state index in [4.69, 9.17) is 9.47 Å². The Morgan fingerprint density at radius 2 is 1.50 bits per heavy atom. The second-order valence-corrected chi connectivity index (χ2v) is 8.15. The highest BCUT2D eigenvalue weighted by atomic mass is 16.5. The third kappa shape index (κ3) is 5.01. The molecule has 1 aliphatic heterocycles. The molecule has 1 heterocycles. The first kappa shape index (κ1) is 22.1. The molecule has 3 aromatic carbocycles. The van der Waals surface area contributed by atoms with Gasteiger partial charge in [0, 0.05) is 37.2 Å². The number of piperazine rings is 1. The van der Waals surface area contributed by atoms with Gasteiger partial charge in [-0.3, -0.25) is 15.0 Å². The molecule has 0 aromatic heterocycles. The van der Waals surface area contributed by atoms with Gasteiger partial charge in [-0.1, -0.05) is 78.9 Å². The molecule has 1 fully saturated rings. The standard InChI is InChI=1S/C27H30N2O3/c1-31-25-16-10-9-15-22(25)17-29-18-23(28-24(19-29)27(30)32-2)26(20-11-5-3-6-12-20)21-13-7-4-8-14-21/h3-16,23-24,26,28H,17-19H2,1-2H3. The Bertz CT molecular complexity index is 970. The molecule has 3 aromatic rings. The van der Waals surface area contributed by atoms with Crippen LogP contribution >= 0.6 is 0 Å². The summed E-state index contributed by atoms with van der Waals surface area (Å²) < 4.78 is 10.7. The second kappa shape index (κ2) is 10.4. The van der Waals surface area contributed by atoms with Crippen LogP contribution in [-0.2, 0) is 16.1 Å². The van der Waals surface area contributed by atoms with E-state index in [0.717, 1.165) is 17.9 Å². The summed E-state index contributed by atoms with van der Waals surface area (Å²) in [5, 5.41) is 3.60. The fourth-order valence-electron chi connectivity index (χ4n) is 4.64. The van der Waals surface area contributed by atoms with E-state index < -0.39 is 6.04 Å². The molecule has 4 rings (SSSR count). The maximum Gasteiger partial charge on any atom is 0.324 e. The van der Waals surface area contributed by atoms with Crippen LogP contribution in [0.2, 0.25) is 0 Å². The molecule has 5 heteroatoms. The molecule has 0 aliphatic carbocycles. The van der Waals surface area contributed by atoms with Crippen LogP contribution in [0.25, 0.3) is 0 Å². The van der Waals surface area contributed by atoms with E-state index in [9.17, 15) is 4.79 Å². The van der Waals surface area contributed by atoms with Crippen LogP contribution in [0.5, 0.6) is 5.75 Å². The zero-order valence-corrected chi connectivity index (χ0v) is 18.6. The molecule has 1 saturated heterocycles. The van der Waals surface area contributed by atoms with Crippen molar-refractivity contribution in [3.8, 4) is 5.75 Å². The molecular formula is C27H30N2O3. The number of rotatable bonds is 7. The molecule has 32 heavy (non-hydrogen) atoms. The van der Waals surface area contributed by atoms with Crippen LogP contribution in [0.1, 0.15) is 22.6 Å². The van der Waals surface area contributed by atoms with E-state index in [1.807, 2.05) is 30.3 Å². The third-order valence-electron chi connectivity index (χ3n) is 6.10. The zero-order chi connectivity index (χ0) is 22.3. The number of hydrogen-bond donors (Lipinski definition) is 1. The number of para-hydroxylation sites is 1. The highest BCUT2D eigenvalue weighted by Crippen LogP contribution is 2.31. The van der Waals surface area contributed by atoms with Gasteiger partial charge in [-0.25, -0.2) is 0 Å². The minimum Gasteiger partial charge on any atom is -0.496 e. The predicted octanol–water partition coefficient (Wildman–Crippen LogP) is 3.84. The summed E-state index contributed by atoms with van der Waals surface area (Å²) in [7, 11) is 3.14. The van der Waals surface area contributed by atoms with Crippen molar-refractivity contribution in [3.05, 3.63) is 102 Å². The fourth-order valence-corrected chi connectivity index (χ4v) is 4.64. The van der Waals surface area contributed by atoms with Gasteiger partial charge in [-0.05, 0) is 17.2 Å². The van der Waals surface area contributed by atoms with E-state index in [0.29, 0.717) is 13.1 Å². The Kier molecular flexibility index (Phi) is 7.20. The molecular weight excluding hydrogens is 400 g/mol. The SMILES string of the molecule is COC(=O)C1CN(Cc2ccccc2OC)CC(C(c2ccccc2)c2ccccc2)N1. The highest BCUT2D eigenvalue weighted by Gasteiger charge is 2.36. The monoisotopic (exact) mass is 430 g/mol. The van der Waals surface area contributed by atoms with Crippen molar-refractivity contribution in [3.63, 3.8) is 0 Å². The van der Waals surface area contributed by atoms with Crippen LogP contribution < -0.4 is 10.1 Å². The van der Waals surface area contributed by atoms with Crippen LogP contribution in [0.3, 0.4) is 0 Å². The summed E-state index contributed by atoms with van der Waals surface area (Å²) in [6.45, 7) is 2.07.